The normalized spacial score (nSPS) is 21.1. The fraction of sp³-hybridized carbons (Fsp3) is 0.375. The van der Waals surface area contributed by atoms with E-state index in [9.17, 15) is 22.8 Å². The molecule has 2 amide bonds. The van der Waals surface area contributed by atoms with E-state index < -0.39 is 35.1 Å². The number of carbonyl (C=O) groups excluding carboxylic acids is 2. The van der Waals surface area contributed by atoms with Crippen LogP contribution in [-0.2, 0) is 16.0 Å². The third kappa shape index (κ3) is 4.73. The fourth-order valence-electron chi connectivity index (χ4n) is 4.30. The topological polar surface area (TPSA) is 64.4 Å². The molecule has 0 spiro atoms. The number of carbonyl (C=O) groups is 2. The van der Waals surface area contributed by atoms with Crippen molar-refractivity contribution in [1.29, 1.82) is 5.26 Å². The maximum atomic E-state index is 13.9. The minimum atomic E-state index is -5.21. The maximum absolute atomic E-state index is 13.9. The van der Waals surface area contributed by atoms with E-state index in [4.69, 9.17) is 28.5 Å². The van der Waals surface area contributed by atoms with Gasteiger partial charge in [-0.2, -0.15) is 18.4 Å². The van der Waals surface area contributed by atoms with E-state index in [1.807, 2.05) is 6.07 Å². The molecule has 34 heavy (non-hydrogen) atoms. The SMILES string of the molecule is CC(C)(C)[C@@H]1N(c2cc(Cl)cc(Cl)c2)C(=O)[C@@](C)(Cc2ccc(C#N)cc2)N1C(=O)C(F)(F)F. The van der Waals surface area contributed by atoms with E-state index in [2.05, 4.69) is 0 Å². The number of anilines is 1. The van der Waals surface area contributed by atoms with Crippen molar-refractivity contribution in [2.24, 2.45) is 5.41 Å². The van der Waals surface area contributed by atoms with Crippen molar-refractivity contribution in [3.8, 4) is 6.07 Å². The number of hydrogen-bond acceptors (Lipinski definition) is 3. The van der Waals surface area contributed by atoms with Gasteiger partial charge in [-0.15, -0.1) is 0 Å². The molecule has 0 saturated carbocycles. The van der Waals surface area contributed by atoms with Gasteiger partial charge in [0.1, 0.15) is 11.7 Å². The Hall–Kier alpha value is -2.76. The highest BCUT2D eigenvalue weighted by molar-refractivity contribution is 6.35. The van der Waals surface area contributed by atoms with Crippen LogP contribution < -0.4 is 4.90 Å². The number of nitriles is 1. The first-order valence-corrected chi connectivity index (χ1v) is 11.0. The van der Waals surface area contributed by atoms with E-state index in [0.717, 1.165) is 0 Å². The second-order valence-electron chi connectivity index (χ2n) is 9.47. The summed E-state index contributed by atoms with van der Waals surface area (Å²) in [4.78, 5) is 28.5. The average molecular weight is 512 g/mol. The summed E-state index contributed by atoms with van der Waals surface area (Å²) >= 11 is 12.3. The molecule has 2 atom stereocenters. The van der Waals surface area contributed by atoms with Crippen molar-refractivity contribution in [2.45, 2.75) is 52.0 Å². The number of halogens is 5. The first kappa shape index (κ1) is 25.9. The minimum absolute atomic E-state index is 0.186. The lowest BCUT2D eigenvalue weighted by atomic mass is 9.87. The predicted molar refractivity (Wildman–Crippen MR) is 123 cm³/mol. The van der Waals surface area contributed by atoms with Crippen LogP contribution in [0, 0.1) is 16.7 Å². The van der Waals surface area contributed by atoms with Crippen LogP contribution in [0.5, 0.6) is 0 Å². The molecule has 1 fully saturated rings. The zero-order valence-electron chi connectivity index (χ0n) is 18.9. The largest absolute Gasteiger partial charge is 0.471 e. The minimum Gasteiger partial charge on any atom is -0.299 e. The molecule has 10 heteroatoms. The highest BCUT2D eigenvalue weighted by Gasteiger charge is 2.64. The zero-order chi connectivity index (χ0) is 25.6. The van der Waals surface area contributed by atoms with Crippen molar-refractivity contribution in [2.75, 3.05) is 4.90 Å². The summed E-state index contributed by atoms with van der Waals surface area (Å²) in [7, 11) is 0. The highest BCUT2D eigenvalue weighted by Crippen LogP contribution is 2.46. The Balaban J connectivity index is 2.25. The molecule has 0 N–H and O–H groups in total. The van der Waals surface area contributed by atoms with Crippen LogP contribution in [0.3, 0.4) is 0 Å². The third-order valence-corrected chi connectivity index (χ3v) is 6.13. The lowest BCUT2D eigenvalue weighted by Gasteiger charge is -2.42. The van der Waals surface area contributed by atoms with Crippen molar-refractivity contribution >= 4 is 40.7 Å². The van der Waals surface area contributed by atoms with Crippen LogP contribution in [0.15, 0.2) is 42.5 Å². The van der Waals surface area contributed by atoms with E-state index in [1.165, 1.54) is 42.2 Å². The molecule has 1 saturated heterocycles. The highest BCUT2D eigenvalue weighted by atomic mass is 35.5. The van der Waals surface area contributed by atoms with Gasteiger partial charge in [-0.1, -0.05) is 56.1 Å². The Labute approximate surface area is 205 Å². The molecule has 1 aliphatic heterocycles. The summed E-state index contributed by atoms with van der Waals surface area (Å²) in [5.74, 6) is -2.82. The van der Waals surface area contributed by atoms with Crippen LogP contribution in [-0.4, -0.2) is 34.6 Å². The predicted octanol–water partition coefficient (Wildman–Crippen LogP) is 5.98. The monoisotopic (exact) mass is 511 g/mol. The number of alkyl halides is 3. The molecule has 0 bridgehead atoms. The average Bonchev–Trinajstić information content (AvgIpc) is 2.94. The van der Waals surface area contributed by atoms with E-state index >= 15 is 0 Å². The third-order valence-electron chi connectivity index (χ3n) is 5.69. The molecule has 1 aliphatic rings. The zero-order valence-corrected chi connectivity index (χ0v) is 20.4. The van der Waals surface area contributed by atoms with E-state index in [1.54, 1.807) is 32.9 Å². The summed E-state index contributed by atoms with van der Waals surface area (Å²) in [6, 6.07) is 12.4. The standard InChI is InChI=1S/C24H22Cl2F3N3O2/c1-22(2,3)19-31(18-10-16(25)9-17(26)11-18)20(33)23(4,32(19)21(34)24(27,28)29)12-14-5-7-15(13-30)8-6-14/h5-11,19H,12H2,1-4H3/t19-,23-/m1/s1. The van der Waals surface area contributed by atoms with Gasteiger partial charge in [-0.3, -0.25) is 19.4 Å². The van der Waals surface area contributed by atoms with Crippen molar-refractivity contribution in [3.63, 3.8) is 0 Å². The van der Waals surface area contributed by atoms with Crippen molar-refractivity contribution in [3.05, 3.63) is 63.6 Å². The molecule has 0 radical (unpaired) electrons. The number of amides is 2. The number of nitrogens with zero attached hydrogens (tertiary/aromatic N) is 3. The van der Waals surface area contributed by atoms with Crippen LogP contribution in [0.2, 0.25) is 10.0 Å². The Bertz CT molecular complexity index is 1150. The Morgan fingerprint density at radius 3 is 2.06 bits per heavy atom. The summed E-state index contributed by atoms with van der Waals surface area (Å²) < 4.78 is 41.5. The van der Waals surface area contributed by atoms with Crippen LogP contribution in [0.1, 0.15) is 38.8 Å². The number of hydrogen-bond donors (Lipinski definition) is 0. The molecular formula is C24H22Cl2F3N3O2. The van der Waals surface area contributed by atoms with Gasteiger partial charge in [0, 0.05) is 27.6 Å². The second kappa shape index (κ2) is 8.79. The Kier molecular flexibility index (Phi) is 6.68. The molecule has 0 aromatic heterocycles. The lowest BCUT2D eigenvalue weighted by molar-refractivity contribution is -0.194. The molecule has 0 unspecified atom stereocenters. The Morgan fingerprint density at radius 1 is 1.09 bits per heavy atom. The summed E-state index contributed by atoms with van der Waals surface area (Å²) in [5.41, 5.74) is -1.82. The van der Waals surface area contributed by atoms with Gasteiger partial charge < -0.3 is 0 Å². The fourth-order valence-corrected chi connectivity index (χ4v) is 4.81. The van der Waals surface area contributed by atoms with Crippen molar-refractivity contribution < 1.29 is 22.8 Å². The first-order chi connectivity index (χ1) is 15.6. The molecule has 2 aromatic carbocycles. The van der Waals surface area contributed by atoms with Crippen LogP contribution >= 0.6 is 23.2 Å². The van der Waals surface area contributed by atoms with Gasteiger partial charge >= 0.3 is 12.1 Å². The first-order valence-electron chi connectivity index (χ1n) is 10.3. The molecule has 5 nitrogen and oxygen atoms in total. The Morgan fingerprint density at radius 2 is 1.62 bits per heavy atom. The molecule has 1 heterocycles. The van der Waals surface area contributed by atoms with Crippen molar-refractivity contribution in [1.82, 2.24) is 4.90 Å². The second-order valence-corrected chi connectivity index (χ2v) is 10.3. The van der Waals surface area contributed by atoms with Crippen LogP contribution in [0.4, 0.5) is 18.9 Å². The lowest BCUT2D eigenvalue weighted by Crippen LogP contribution is -2.59. The summed E-state index contributed by atoms with van der Waals surface area (Å²) in [6.07, 6.45) is -6.69. The molecular weight excluding hydrogens is 490 g/mol. The molecule has 2 aromatic rings. The molecule has 3 rings (SSSR count). The quantitative estimate of drug-likeness (QED) is 0.509. The maximum Gasteiger partial charge on any atom is 0.471 e. The van der Waals surface area contributed by atoms with E-state index in [-0.39, 0.29) is 22.2 Å². The van der Waals surface area contributed by atoms with Gasteiger partial charge in [0.05, 0.1) is 11.6 Å². The van der Waals surface area contributed by atoms with Gasteiger partial charge in [-0.05, 0) is 42.8 Å². The smallest absolute Gasteiger partial charge is 0.299 e. The van der Waals surface area contributed by atoms with Gasteiger partial charge in [-0.25, -0.2) is 0 Å². The van der Waals surface area contributed by atoms with Gasteiger partial charge in [0.2, 0.25) is 0 Å². The number of rotatable bonds is 3. The number of benzene rings is 2. The van der Waals surface area contributed by atoms with Gasteiger partial charge in [0.25, 0.3) is 5.91 Å². The van der Waals surface area contributed by atoms with Crippen LogP contribution in [0.25, 0.3) is 0 Å². The van der Waals surface area contributed by atoms with Gasteiger partial charge in [0.15, 0.2) is 0 Å². The summed E-state index contributed by atoms with van der Waals surface area (Å²) in [6.45, 7) is 6.26. The summed E-state index contributed by atoms with van der Waals surface area (Å²) in [5, 5.41) is 9.41. The molecule has 180 valence electrons. The molecule has 0 aliphatic carbocycles. The van der Waals surface area contributed by atoms with E-state index in [0.29, 0.717) is 16.0 Å².